The van der Waals surface area contributed by atoms with E-state index in [4.69, 9.17) is 4.74 Å². The van der Waals surface area contributed by atoms with Gasteiger partial charge in [-0.3, -0.25) is 4.79 Å². The van der Waals surface area contributed by atoms with Crippen LogP contribution in [0.3, 0.4) is 0 Å². The van der Waals surface area contributed by atoms with Crippen LogP contribution in [0.2, 0.25) is 0 Å². The van der Waals surface area contributed by atoms with E-state index in [2.05, 4.69) is 10.1 Å². The summed E-state index contributed by atoms with van der Waals surface area (Å²) >= 11 is 0. The van der Waals surface area contributed by atoms with Gasteiger partial charge in [0.05, 0.1) is 13.0 Å². The van der Waals surface area contributed by atoms with E-state index in [1.165, 1.54) is 12.1 Å². The van der Waals surface area contributed by atoms with E-state index in [1.807, 2.05) is 0 Å². The van der Waals surface area contributed by atoms with Crippen molar-refractivity contribution in [3.63, 3.8) is 0 Å². The van der Waals surface area contributed by atoms with E-state index >= 15 is 0 Å². The van der Waals surface area contributed by atoms with Crippen molar-refractivity contribution >= 4 is 5.97 Å². The first kappa shape index (κ1) is 14.2. The molecule has 0 saturated carbocycles. The number of esters is 1. The van der Waals surface area contributed by atoms with Gasteiger partial charge in [-0.05, 0) is 19.1 Å². The highest BCUT2D eigenvalue weighted by molar-refractivity contribution is 5.69. The second-order valence-electron chi connectivity index (χ2n) is 4.29. The lowest BCUT2D eigenvalue weighted by Gasteiger charge is -1.99. The number of rotatable bonds is 5. The molecule has 5 nitrogen and oxygen atoms in total. The third kappa shape index (κ3) is 3.40. The quantitative estimate of drug-likeness (QED) is 0.785. The lowest BCUT2D eigenvalue weighted by Crippen LogP contribution is -2.06. The number of benzene rings is 1. The first-order valence-electron chi connectivity index (χ1n) is 6.41. The third-order valence-electron chi connectivity index (χ3n) is 2.75. The van der Waals surface area contributed by atoms with Gasteiger partial charge in [-0.2, -0.15) is 5.10 Å². The maximum absolute atomic E-state index is 13.2. The normalized spacial score (nSPS) is 10.6. The summed E-state index contributed by atoms with van der Waals surface area (Å²) in [6.45, 7) is 2.13. The molecule has 6 heteroatoms. The van der Waals surface area contributed by atoms with Crippen LogP contribution in [0.25, 0.3) is 11.4 Å². The molecule has 0 spiro atoms. The number of carbonyl (C=O) groups is 1. The van der Waals surface area contributed by atoms with E-state index in [0.29, 0.717) is 30.2 Å². The van der Waals surface area contributed by atoms with Crippen molar-refractivity contribution in [2.75, 3.05) is 6.61 Å². The third-order valence-corrected chi connectivity index (χ3v) is 2.75. The minimum absolute atomic E-state index is 0.237. The summed E-state index contributed by atoms with van der Waals surface area (Å²) in [6, 6.07) is 6.17. The van der Waals surface area contributed by atoms with Crippen LogP contribution in [0.5, 0.6) is 0 Å². The Morgan fingerprint density at radius 3 is 2.95 bits per heavy atom. The smallest absolute Gasteiger partial charge is 0.306 e. The second kappa shape index (κ2) is 6.27. The van der Waals surface area contributed by atoms with Gasteiger partial charge < -0.3 is 4.74 Å². The molecule has 0 atom stereocenters. The Bertz CT molecular complexity index is 610. The van der Waals surface area contributed by atoms with Crippen molar-refractivity contribution in [1.29, 1.82) is 0 Å². The number of ether oxygens (including phenoxy) is 1. The van der Waals surface area contributed by atoms with Crippen molar-refractivity contribution in [3.05, 3.63) is 35.9 Å². The summed E-state index contributed by atoms with van der Waals surface area (Å²) < 4.78 is 19.6. The highest BCUT2D eigenvalue weighted by Crippen LogP contribution is 2.17. The molecule has 0 radical (unpaired) electrons. The van der Waals surface area contributed by atoms with Crippen LogP contribution >= 0.6 is 0 Å². The molecule has 0 aliphatic heterocycles. The molecule has 1 heterocycles. The number of aromatic nitrogens is 3. The standard InChI is InChI=1S/C14H16FN3O2/c1-3-20-13(19)8-7-12-16-14(18(2)17-12)10-5-4-6-11(15)9-10/h4-6,9H,3,7-8H2,1-2H3. The molecular weight excluding hydrogens is 261 g/mol. The van der Waals surface area contributed by atoms with Crippen LogP contribution in [-0.2, 0) is 23.0 Å². The summed E-state index contributed by atoms with van der Waals surface area (Å²) in [6.07, 6.45) is 0.641. The number of aryl methyl sites for hydroxylation is 2. The molecule has 0 aliphatic rings. The Hall–Kier alpha value is -2.24. The predicted octanol–water partition coefficient (Wildman–Crippen LogP) is 2.12. The van der Waals surface area contributed by atoms with E-state index in [1.54, 1.807) is 30.8 Å². The van der Waals surface area contributed by atoms with Crippen LogP contribution in [-0.4, -0.2) is 27.3 Å². The molecule has 106 valence electrons. The van der Waals surface area contributed by atoms with E-state index in [-0.39, 0.29) is 18.2 Å². The van der Waals surface area contributed by atoms with Crippen LogP contribution in [0.1, 0.15) is 19.2 Å². The second-order valence-corrected chi connectivity index (χ2v) is 4.29. The van der Waals surface area contributed by atoms with Gasteiger partial charge >= 0.3 is 5.97 Å². The summed E-state index contributed by atoms with van der Waals surface area (Å²) in [5.41, 5.74) is 0.655. The molecule has 0 unspecified atom stereocenters. The molecule has 0 saturated heterocycles. The largest absolute Gasteiger partial charge is 0.466 e. The number of hydrogen-bond donors (Lipinski definition) is 0. The first-order valence-corrected chi connectivity index (χ1v) is 6.41. The van der Waals surface area contributed by atoms with Crippen molar-refractivity contribution in [2.24, 2.45) is 7.05 Å². The minimum atomic E-state index is -0.321. The highest BCUT2D eigenvalue weighted by Gasteiger charge is 2.11. The minimum Gasteiger partial charge on any atom is -0.466 e. The Balaban J connectivity index is 2.12. The zero-order valence-electron chi connectivity index (χ0n) is 11.5. The fourth-order valence-corrected chi connectivity index (χ4v) is 1.87. The fourth-order valence-electron chi connectivity index (χ4n) is 1.87. The SMILES string of the molecule is CCOC(=O)CCc1nc(-c2cccc(F)c2)n(C)n1. The summed E-state index contributed by atoms with van der Waals surface area (Å²) in [7, 11) is 1.74. The average Bonchev–Trinajstić information content (AvgIpc) is 2.78. The molecule has 0 fully saturated rings. The van der Waals surface area contributed by atoms with Gasteiger partial charge in [-0.1, -0.05) is 12.1 Å². The lowest BCUT2D eigenvalue weighted by molar-refractivity contribution is -0.143. The number of nitrogens with zero attached hydrogens (tertiary/aromatic N) is 3. The van der Waals surface area contributed by atoms with Gasteiger partial charge in [0.1, 0.15) is 5.82 Å². The van der Waals surface area contributed by atoms with Gasteiger partial charge in [0, 0.05) is 19.0 Å². The van der Waals surface area contributed by atoms with Crippen LogP contribution < -0.4 is 0 Å². The zero-order valence-corrected chi connectivity index (χ0v) is 11.5. The van der Waals surface area contributed by atoms with Gasteiger partial charge in [-0.15, -0.1) is 0 Å². The molecule has 0 aliphatic carbocycles. The molecule has 2 aromatic rings. The molecule has 2 rings (SSSR count). The van der Waals surface area contributed by atoms with Crippen molar-refractivity contribution in [3.8, 4) is 11.4 Å². The van der Waals surface area contributed by atoms with Crippen LogP contribution in [0, 0.1) is 5.82 Å². The highest BCUT2D eigenvalue weighted by atomic mass is 19.1. The number of carbonyl (C=O) groups excluding carboxylic acids is 1. The van der Waals surface area contributed by atoms with Crippen LogP contribution in [0.4, 0.5) is 4.39 Å². The molecule has 20 heavy (non-hydrogen) atoms. The molecule has 0 amide bonds. The summed E-state index contributed by atoms with van der Waals surface area (Å²) in [5, 5.41) is 4.22. The Morgan fingerprint density at radius 2 is 2.25 bits per heavy atom. The Kier molecular flexibility index (Phi) is 4.45. The first-order chi connectivity index (χ1) is 9.60. The molecule has 1 aromatic carbocycles. The zero-order chi connectivity index (χ0) is 14.5. The monoisotopic (exact) mass is 277 g/mol. The maximum Gasteiger partial charge on any atom is 0.306 e. The fraction of sp³-hybridized carbons (Fsp3) is 0.357. The maximum atomic E-state index is 13.2. The van der Waals surface area contributed by atoms with E-state index in [0.717, 1.165) is 0 Å². The van der Waals surface area contributed by atoms with Crippen molar-refractivity contribution < 1.29 is 13.9 Å². The van der Waals surface area contributed by atoms with E-state index in [9.17, 15) is 9.18 Å². The van der Waals surface area contributed by atoms with Gasteiger partial charge in [0.15, 0.2) is 11.6 Å². The van der Waals surface area contributed by atoms with Crippen LogP contribution in [0.15, 0.2) is 24.3 Å². The molecule has 0 N–H and O–H groups in total. The number of halogens is 1. The number of hydrogen-bond acceptors (Lipinski definition) is 4. The summed E-state index contributed by atoms with van der Waals surface area (Å²) in [5.74, 6) is 0.522. The van der Waals surface area contributed by atoms with E-state index < -0.39 is 0 Å². The van der Waals surface area contributed by atoms with Gasteiger partial charge in [0.25, 0.3) is 0 Å². The molecule has 0 bridgehead atoms. The predicted molar refractivity (Wildman–Crippen MR) is 71.4 cm³/mol. The Labute approximate surface area is 116 Å². The average molecular weight is 277 g/mol. The topological polar surface area (TPSA) is 57.0 Å². The van der Waals surface area contributed by atoms with Gasteiger partial charge in [0.2, 0.25) is 0 Å². The van der Waals surface area contributed by atoms with Gasteiger partial charge in [-0.25, -0.2) is 14.1 Å². The molecule has 1 aromatic heterocycles. The van der Waals surface area contributed by atoms with Crippen molar-refractivity contribution in [1.82, 2.24) is 14.8 Å². The lowest BCUT2D eigenvalue weighted by atomic mass is 10.2. The van der Waals surface area contributed by atoms with Crippen molar-refractivity contribution in [2.45, 2.75) is 19.8 Å². The molecular formula is C14H16FN3O2. The Morgan fingerprint density at radius 1 is 1.45 bits per heavy atom. The summed E-state index contributed by atoms with van der Waals surface area (Å²) in [4.78, 5) is 15.6.